The molecule has 0 fully saturated rings. The lowest BCUT2D eigenvalue weighted by Crippen LogP contribution is -2.59. The van der Waals surface area contributed by atoms with Gasteiger partial charge in [0.25, 0.3) is 0 Å². The number of thiol groups is 1. The number of nitrogens with one attached hydrogen (secondary N) is 3. The maximum absolute atomic E-state index is 12.8. The van der Waals surface area contributed by atoms with E-state index in [1.165, 1.54) is 0 Å². The molecule has 0 aliphatic heterocycles. The molecule has 188 valence electrons. The van der Waals surface area contributed by atoms with Crippen LogP contribution >= 0.6 is 12.6 Å². The molecule has 4 atom stereocenters. The molecular formula is C22H32N4O7S. The molecule has 1 aromatic rings. The first-order valence-electron chi connectivity index (χ1n) is 10.7. The Balaban J connectivity index is 2.79. The molecule has 0 aromatic heterocycles. The molecule has 0 radical (unpaired) electrons. The van der Waals surface area contributed by atoms with E-state index < -0.39 is 66.2 Å². The molecule has 0 aliphatic carbocycles. The average molecular weight is 497 g/mol. The van der Waals surface area contributed by atoms with Crippen molar-refractivity contribution in [3.63, 3.8) is 0 Å². The number of aliphatic carboxylic acids is 2. The van der Waals surface area contributed by atoms with Crippen molar-refractivity contribution >= 4 is 42.3 Å². The van der Waals surface area contributed by atoms with Crippen molar-refractivity contribution in [2.75, 3.05) is 5.75 Å². The van der Waals surface area contributed by atoms with Gasteiger partial charge in [0.05, 0.1) is 6.04 Å². The molecule has 4 unspecified atom stereocenters. The molecule has 7 N–H and O–H groups in total. The zero-order valence-electron chi connectivity index (χ0n) is 19.1. The lowest BCUT2D eigenvalue weighted by molar-refractivity contribution is -0.143. The van der Waals surface area contributed by atoms with Gasteiger partial charge < -0.3 is 31.9 Å². The van der Waals surface area contributed by atoms with Crippen LogP contribution in [0.15, 0.2) is 30.3 Å². The van der Waals surface area contributed by atoms with Crippen LogP contribution < -0.4 is 21.7 Å². The Kier molecular flexibility index (Phi) is 12.1. The van der Waals surface area contributed by atoms with Gasteiger partial charge in [-0.3, -0.25) is 19.2 Å². The second kappa shape index (κ2) is 14.2. The topological polar surface area (TPSA) is 188 Å². The minimum absolute atomic E-state index is 0.0710. The monoisotopic (exact) mass is 496 g/mol. The van der Waals surface area contributed by atoms with Crippen molar-refractivity contribution in [3.8, 4) is 0 Å². The van der Waals surface area contributed by atoms with Gasteiger partial charge in [0.15, 0.2) is 0 Å². The third kappa shape index (κ3) is 9.79. The highest BCUT2D eigenvalue weighted by Crippen LogP contribution is 2.07. The average Bonchev–Trinajstić information content (AvgIpc) is 2.77. The van der Waals surface area contributed by atoms with Crippen LogP contribution in [-0.2, 0) is 30.4 Å². The van der Waals surface area contributed by atoms with Crippen LogP contribution in [0.4, 0.5) is 0 Å². The number of nitrogens with two attached hydrogens (primary N) is 1. The predicted molar refractivity (Wildman–Crippen MR) is 127 cm³/mol. The molecular weight excluding hydrogens is 464 g/mol. The number of carboxylic acids is 2. The van der Waals surface area contributed by atoms with E-state index >= 15 is 0 Å². The summed E-state index contributed by atoms with van der Waals surface area (Å²) in [6.07, 6.45) is -0.506. The van der Waals surface area contributed by atoms with Crippen molar-refractivity contribution in [3.05, 3.63) is 35.9 Å². The first-order valence-corrected chi connectivity index (χ1v) is 11.4. The van der Waals surface area contributed by atoms with Gasteiger partial charge in [-0.2, -0.15) is 12.6 Å². The molecule has 34 heavy (non-hydrogen) atoms. The number of carbonyl (C=O) groups excluding carboxylic acids is 3. The smallest absolute Gasteiger partial charge is 0.326 e. The molecule has 0 saturated carbocycles. The van der Waals surface area contributed by atoms with Gasteiger partial charge in [0.2, 0.25) is 17.7 Å². The highest BCUT2D eigenvalue weighted by molar-refractivity contribution is 7.80. The van der Waals surface area contributed by atoms with E-state index in [1.807, 2.05) is 30.3 Å². The Labute approximate surface area is 203 Å². The van der Waals surface area contributed by atoms with Crippen molar-refractivity contribution in [2.24, 2.45) is 11.7 Å². The summed E-state index contributed by atoms with van der Waals surface area (Å²) in [5.41, 5.74) is 6.80. The summed E-state index contributed by atoms with van der Waals surface area (Å²) in [5, 5.41) is 25.3. The molecule has 0 heterocycles. The SMILES string of the molecule is CC(C)C(NC(=O)C(CS)NC(=O)C(N)Cc1ccccc1)C(=O)NC(CCC(=O)O)C(=O)O. The fourth-order valence-electron chi connectivity index (χ4n) is 3.01. The Bertz CT molecular complexity index is 866. The van der Waals surface area contributed by atoms with Crippen LogP contribution in [0.3, 0.4) is 0 Å². The fraction of sp³-hybridized carbons (Fsp3) is 0.500. The maximum atomic E-state index is 12.8. The lowest BCUT2D eigenvalue weighted by Gasteiger charge is -2.26. The standard InChI is InChI=1S/C22H32N4O7S/c1-12(2)18(21(31)24-15(22(32)33)8-9-17(27)28)26-20(30)16(11-34)25-19(29)14(23)10-13-6-4-3-5-7-13/h3-7,12,14-16,18,34H,8-11,23H2,1-2H3,(H,24,31)(H,25,29)(H,26,30)(H,27,28)(H,32,33). The first-order chi connectivity index (χ1) is 16.0. The molecule has 3 amide bonds. The molecule has 11 nitrogen and oxygen atoms in total. The Morgan fingerprint density at radius 2 is 1.50 bits per heavy atom. The van der Waals surface area contributed by atoms with E-state index in [-0.39, 0.29) is 18.6 Å². The Hall–Kier alpha value is -3.12. The van der Waals surface area contributed by atoms with Crippen LogP contribution in [0.25, 0.3) is 0 Å². The zero-order valence-corrected chi connectivity index (χ0v) is 20.0. The molecule has 1 rings (SSSR count). The van der Waals surface area contributed by atoms with Gasteiger partial charge >= 0.3 is 11.9 Å². The maximum Gasteiger partial charge on any atom is 0.326 e. The second-order valence-corrected chi connectivity index (χ2v) is 8.47. The van der Waals surface area contributed by atoms with Gasteiger partial charge in [-0.25, -0.2) is 4.79 Å². The summed E-state index contributed by atoms with van der Waals surface area (Å²) in [6, 6.07) is 4.55. The third-order valence-electron chi connectivity index (χ3n) is 4.96. The van der Waals surface area contributed by atoms with E-state index in [9.17, 15) is 29.1 Å². The molecule has 0 saturated heterocycles. The number of carboxylic acid groups (broad SMARTS) is 2. The summed E-state index contributed by atoms with van der Waals surface area (Å²) in [4.78, 5) is 60.0. The van der Waals surface area contributed by atoms with Gasteiger partial charge in [-0.05, 0) is 24.3 Å². The highest BCUT2D eigenvalue weighted by Gasteiger charge is 2.31. The van der Waals surface area contributed by atoms with Crippen LogP contribution in [0.2, 0.25) is 0 Å². The van der Waals surface area contributed by atoms with Crippen molar-refractivity contribution < 1.29 is 34.2 Å². The van der Waals surface area contributed by atoms with Crippen molar-refractivity contribution in [1.29, 1.82) is 0 Å². The number of hydrogen-bond donors (Lipinski definition) is 7. The lowest BCUT2D eigenvalue weighted by atomic mass is 10.0. The normalized spacial score (nSPS) is 14.4. The second-order valence-electron chi connectivity index (χ2n) is 8.10. The van der Waals surface area contributed by atoms with Gasteiger partial charge in [0, 0.05) is 12.2 Å². The van der Waals surface area contributed by atoms with E-state index in [2.05, 4.69) is 28.6 Å². The van der Waals surface area contributed by atoms with E-state index in [4.69, 9.17) is 10.8 Å². The van der Waals surface area contributed by atoms with Crippen molar-refractivity contribution in [1.82, 2.24) is 16.0 Å². The highest BCUT2D eigenvalue weighted by atomic mass is 32.1. The molecule has 0 spiro atoms. The molecule has 12 heteroatoms. The van der Waals surface area contributed by atoms with Crippen LogP contribution in [-0.4, -0.2) is 69.8 Å². The van der Waals surface area contributed by atoms with Crippen LogP contribution in [0, 0.1) is 5.92 Å². The van der Waals surface area contributed by atoms with Gasteiger partial charge in [-0.15, -0.1) is 0 Å². The number of benzene rings is 1. The Morgan fingerprint density at radius 1 is 0.912 bits per heavy atom. The number of rotatable bonds is 14. The summed E-state index contributed by atoms with van der Waals surface area (Å²) < 4.78 is 0. The number of carbonyl (C=O) groups is 5. The van der Waals surface area contributed by atoms with Crippen LogP contribution in [0.5, 0.6) is 0 Å². The van der Waals surface area contributed by atoms with Crippen molar-refractivity contribution in [2.45, 2.75) is 57.3 Å². The quantitative estimate of drug-likeness (QED) is 0.169. The van der Waals surface area contributed by atoms with E-state index in [0.29, 0.717) is 0 Å². The molecule has 0 aliphatic rings. The van der Waals surface area contributed by atoms with Gasteiger partial charge in [0.1, 0.15) is 18.1 Å². The first kappa shape index (κ1) is 28.9. The Morgan fingerprint density at radius 3 is 2.00 bits per heavy atom. The fourth-order valence-corrected chi connectivity index (χ4v) is 3.27. The summed E-state index contributed by atoms with van der Waals surface area (Å²) in [6.45, 7) is 3.28. The molecule has 0 bridgehead atoms. The largest absolute Gasteiger partial charge is 0.481 e. The van der Waals surface area contributed by atoms with Crippen LogP contribution in [0.1, 0.15) is 32.3 Å². The number of hydrogen-bond acceptors (Lipinski definition) is 7. The molecule has 1 aromatic carbocycles. The minimum atomic E-state index is -1.43. The summed E-state index contributed by atoms with van der Waals surface area (Å²) in [5.74, 6) is -5.15. The minimum Gasteiger partial charge on any atom is -0.481 e. The third-order valence-corrected chi connectivity index (χ3v) is 5.32. The number of amides is 3. The summed E-state index contributed by atoms with van der Waals surface area (Å²) >= 11 is 4.10. The summed E-state index contributed by atoms with van der Waals surface area (Å²) in [7, 11) is 0. The van der Waals surface area contributed by atoms with Gasteiger partial charge in [-0.1, -0.05) is 44.2 Å². The predicted octanol–water partition coefficient (Wildman–Crippen LogP) is -0.454. The van der Waals surface area contributed by atoms with E-state index in [1.54, 1.807) is 13.8 Å². The zero-order chi connectivity index (χ0) is 25.8. The van der Waals surface area contributed by atoms with E-state index in [0.717, 1.165) is 5.56 Å².